The van der Waals surface area contributed by atoms with Crippen LogP contribution < -0.4 is 5.32 Å². The van der Waals surface area contributed by atoms with Crippen LogP contribution in [0.1, 0.15) is 39.1 Å². The predicted octanol–water partition coefficient (Wildman–Crippen LogP) is 3.01. The van der Waals surface area contributed by atoms with Gasteiger partial charge in [-0.1, -0.05) is 20.8 Å². The van der Waals surface area contributed by atoms with Crippen LogP contribution in [0.2, 0.25) is 0 Å². The highest BCUT2D eigenvalue weighted by Gasteiger charge is 2.28. The predicted molar refractivity (Wildman–Crippen MR) is 62.6 cm³/mol. The molecule has 0 amide bonds. The molecule has 0 aliphatic heterocycles. The summed E-state index contributed by atoms with van der Waals surface area (Å²) in [5.74, 6) is 0.683. The van der Waals surface area contributed by atoms with Gasteiger partial charge in [0.2, 0.25) is 0 Å². The molecule has 0 aromatic carbocycles. The van der Waals surface area contributed by atoms with Crippen LogP contribution >= 0.6 is 11.3 Å². The van der Waals surface area contributed by atoms with E-state index >= 15 is 0 Å². The number of nitrogens with zero attached hydrogens (tertiary/aromatic N) is 1. The van der Waals surface area contributed by atoms with E-state index in [2.05, 4.69) is 38.0 Å². The minimum absolute atomic E-state index is 0.0527. The van der Waals surface area contributed by atoms with Gasteiger partial charge in [-0.2, -0.15) is 0 Å². The molecule has 2 nitrogen and oxygen atoms in total. The lowest BCUT2D eigenvalue weighted by Crippen LogP contribution is -2.40. The summed E-state index contributed by atoms with van der Waals surface area (Å²) < 4.78 is 0. The first-order valence-electron chi connectivity index (χ1n) is 5.23. The maximum atomic E-state index is 4.42. The van der Waals surface area contributed by atoms with Gasteiger partial charge in [0.15, 0.2) is 0 Å². The largest absolute Gasteiger partial charge is 0.306 e. The van der Waals surface area contributed by atoms with E-state index in [4.69, 9.17) is 0 Å². The topological polar surface area (TPSA) is 24.9 Å². The van der Waals surface area contributed by atoms with E-state index in [-0.39, 0.29) is 5.54 Å². The standard InChI is InChI=1S/C11H20N2S/c1-5-13-11(4,8-9(2)3)10-12-6-7-14-10/h6-7,9,13H,5,8H2,1-4H3. The maximum Gasteiger partial charge on any atom is 0.112 e. The van der Waals surface area contributed by atoms with E-state index in [0.29, 0.717) is 5.92 Å². The second-order valence-corrected chi connectivity index (χ2v) is 5.19. The van der Waals surface area contributed by atoms with Crippen molar-refractivity contribution in [2.75, 3.05) is 6.54 Å². The van der Waals surface area contributed by atoms with E-state index in [9.17, 15) is 0 Å². The monoisotopic (exact) mass is 212 g/mol. The average Bonchev–Trinajstić information content (AvgIpc) is 2.54. The number of thiazole rings is 1. The van der Waals surface area contributed by atoms with Crippen LogP contribution in [0.25, 0.3) is 0 Å². The molecule has 0 spiro atoms. The van der Waals surface area contributed by atoms with Crippen molar-refractivity contribution in [3.05, 3.63) is 16.6 Å². The smallest absolute Gasteiger partial charge is 0.112 e. The molecule has 0 fully saturated rings. The van der Waals surface area contributed by atoms with Crippen molar-refractivity contribution in [3.8, 4) is 0 Å². The lowest BCUT2D eigenvalue weighted by Gasteiger charge is -2.30. The summed E-state index contributed by atoms with van der Waals surface area (Å²) in [6, 6.07) is 0. The number of hydrogen-bond donors (Lipinski definition) is 1. The van der Waals surface area contributed by atoms with Crippen LogP contribution in [-0.2, 0) is 5.54 Å². The third-order valence-electron chi connectivity index (χ3n) is 2.29. The second-order valence-electron chi connectivity index (χ2n) is 4.30. The first-order valence-corrected chi connectivity index (χ1v) is 6.11. The number of aromatic nitrogens is 1. The molecule has 3 heteroatoms. The normalized spacial score (nSPS) is 15.8. The SMILES string of the molecule is CCNC(C)(CC(C)C)c1nccs1. The van der Waals surface area contributed by atoms with E-state index in [0.717, 1.165) is 13.0 Å². The van der Waals surface area contributed by atoms with E-state index < -0.39 is 0 Å². The van der Waals surface area contributed by atoms with Gasteiger partial charge in [0.1, 0.15) is 5.01 Å². The molecule has 1 unspecified atom stereocenters. The summed E-state index contributed by atoms with van der Waals surface area (Å²) in [7, 11) is 0. The average molecular weight is 212 g/mol. The summed E-state index contributed by atoms with van der Waals surface area (Å²) in [6.07, 6.45) is 3.02. The van der Waals surface area contributed by atoms with Crippen molar-refractivity contribution in [1.82, 2.24) is 10.3 Å². The first kappa shape index (κ1) is 11.7. The Morgan fingerprint density at radius 1 is 1.57 bits per heavy atom. The fraction of sp³-hybridized carbons (Fsp3) is 0.727. The number of rotatable bonds is 5. The van der Waals surface area contributed by atoms with Crippen molar-refractivity contribution in [2.45, 2.75) is 39.7 Å². The van der Waals surface area contributed by atoms with Crippen molar-refractivity contribution >= 4 is 11.3 Å². The maximum absolute atomic E-state index is 4.42. The quantitative estimate of drug-likeness (QED) is 0.811. The Labute approximate surface area is 90.8 Å². The van der Waals surface area contributed by atoms with E-state index in [1.807, 2.05) is 11.6 Å². The molecule has 1 atom stereocenters. The Morgan fingerprint density at radius 2 is 2.29 bits per heavy atom. The van der Waals surface area contributed by atoms with Gasteiger partial charge in [-0.3, -0.25) is 0 Å². The highest BCUT2D eigenvalue weighted by Crippen LogP contribution is 2.29. The molecule has 1 aromatic heterocycles. The van der Waals surface area contributed by atoms with Crippen LogP contribution in [0, 0.1) is 5.92 Å². The Kier molecular flexibility index (Phi) is 4.08. The highest BCUT2D eigenvalue weighted by atomic mass is 32.1. The molecule has 14 heavy (non-hydrogen) atoms. The van der Waals surface area contributed by atoms with Gasteiger partial charge in [-0.05, 0) is 25.8 Å². The van der Waals surface area contributed by atoms with Gasteiger partial charge in [0.05, 0.1) is 5.54 Å². The van der Waals surface area contributed by atoms with Crippen molar-refractivity contribution in [3.63, 3.8) is 0 Å². The van der Waals surface area contributed by atoms with Crippen molar-refractivity contribution in [1.29, 1.82) is 0 Å². The Morgan fingerprint density at radius 3 is 2.71 bits per heavy atom. The third kappa shape index (κ3) is 2.79. The van der Waals surface area contributed by atoms with E-state index in [1.165, 1.54) is 5.01 Å². The summed E-state index contributed by atoms with van der Waals surface area (Å²) in [4.78, 5) is 4.42. The van der Waals surface area contributed by atoms with Gasteiger partial charge >= 0.3 is 0 Å². The molecule has 0 aliphatic rings. The molecule has 0 saturated heterocycles. The Balaban J connectivity index is 2.81. The fourth-order valence-corrected chi connectivity index (χ4v) is 2.73. The molecule has 0 bridgehead atoms. The van der Waals surface area contributed by atoms with Crippen molar-refractivity contribution in [2.24, 2.45) is 5.92 Å². The van der Waals surface area contributed by atoms with Gasteiger partial charge in [-0.25, -0.2) is 4.98 Å². The first-order chi connectivity index (χ1) is 6.58. The Bertz CT molecular complexity index is 256. The van der Waals surface area contributed by atoms with E-state index in [1.54, 1.807) is 11.3 Å². The molecule has 1 rings (SSSR count). The molecule has 0 saturated carbocycles. The zero-order valence-electron chi connectivity index (χ0n) is 9.50. The molecular weight excluding hydrogens is 192 g/mol. The van der Waals surface area contributed by atoms with Gasteiger partial charge in [-0.15, -0.1) is 11.3 Å². The fourth-order valence-electron chi connectivity index (χ4n) is 1.94. The minimum atomic E-state index is 0.0527. The summed E-state index contributed by atoms with van der Waals surface area (Å²) >= 11 is 1.74. The highest BCUT2D eigenvalue weighted by molar-refractivity contribution is 7.09. The summed E-state index contributed by atoms with van der Waals surface area (Å²) in [5.41, 5.74) is 0.0527. The zero-order chi connectivity index (χ0) is 10.6. The van der Waals surface area contributed by atoms with Crippen LogP contribution in [-0.4, -0.2) is 11.5 Å². The van der Waals surface area contributed by atoms with Crippen LogP contribution in [0.4, 0.5) is 0 Å². The molecule has 1 aromatic rings. The van der Waals surface area contributed by atoms with Gasteiger partial charge < -0.3 is 5.32 Å². The number of hydrogen-bond acceptors (Lipinski definition) is 3. The van der Waals surface area contributed by atoms with Crippen molar-refractivity contribution < 1.29 is 0 Å². The molecule has 80 valence electrons. The third-order valence-corrected chi connectivity index (χ3v) is 3.32. The van der Waals surface area contributed by atoms with Crippen LogP contribution in [0.5, 0.6) is 0 Å². The minimum Gasteiger partial charge on any atom is -0.306 e. The molecule has 1 heterocycles. The molecule has 1 N–H and O–H groups in total. The zero-order valence-corrected chi connectivity index (χ0v) is 10.3. The molecule has 0 radical (unpaired) electrons. The molecule has 0 aliphatic carbocycles. The number of nitrogens with one attached hydrogen (secondary N) is 1. The second kappa shape index (κ2) is 4.89. The lowest BCUT2D eigenvalue weighted by molar-refractivity contribution is 0.303. The lowest BCUT2D eigenvalue weighted by atomic mass is 9.91. The Hall–Kier alpha value is -0.410. The van der Waals surface area contributed by atoms with Gasteiger partial charge in [0, 0.05) is 11.6 Å². The summed E-state index contributed by atoms with van der Waals surface area (Å²) in [5, 5.41) is 6.79. The summed E-state index contributed by atoms with van der Waals surface area (Å²) in [6.45, 7) is 9.89. The van der Waals surface area contributed by atoms with Crippen LogP contribution in [0.15, 0.2) is 11.6 Å². The van der Waals surface area contributed by atoms with Gasteiger partial charge in [0.25, 0.3) is 0 Å². The molecular formula is C11H20N2S. The van der Waals surface area contributed by atoms with Crippen LogP contribution in [0.3, 0.4) is 0 Å².